The van der Waals surface area contributed by atoms with Crippen LogP contribution in [0, 0.1) is 0 Å². The molecule has 0 aliphatic carbocycles. The number of carbonyl (C=O) groups excluding carboxylic acids is 1. The van der Waals surface area contributed by atoms with E-state index in [0.29, 0.717) is 35.1 Å². The molecule has 0 atom stereocenters. The van der Waals surface area contributed by atoms with Crippen molar-refractivity contribution in [3.8, 4) is 0 Å². The number of nitrogens with zero attached hydrogens (tertiary/aromatic N) is 9. The fourth-order valence-electron chi connectivity index (χ4n) is 5.75. The number of hydrogen-bond donors (Lipinski definition) is 1. The Morgan fingerprint density at radius 3 is 2.48 bits per heavy atom. The van der Waals surface area contributed by atoms with Crippen LogP contribution in [0.15, 0.2) is 65.2 Å². The van der Waals surface area contributed by atoms with Crippen molar-refractivity contribution in [3.63, 3.8) is 0 Å². The van der Waals surface area contributed by atoms with E-state index in [1.807, 2.05) is 33.0 Å². The molecule has 12 nitrogen and oxygen atoms in total. The topological polar surface area (TPSA) is 107 Å². The second-order valence-corrected chi connectivity index (χ2v) is 11.8. The second kappa shape index (κ2) is 14.0. The summed E-state index contributed by atoms with van der Waals surface area (Å²) < 4.78 is 3.10. The molecular formula is C32H44N10O2. The van der Waals surface area contributed by atoms with Gasteiger partial charge < -0.3 is 15.1 Å². The van der Waals surface area contributed by atoms with E-state index >= 15 is 0 Å². The number of aromatic nitrogens is 4. The number of allylic oxidation sites excluding steroid dienone is 3. The van der Waals surface area contributed by atoms with Crippen molar-refractivity contribution in [2.75, 3.05) is 63.6 Å². The highest BCUT2D eigenvalue weighted by Gasteiger charge is 2.26. The van der Waals surface area contributed by atoms with Gasteiger partial charge in [0.2, 0.25) is 5.95 Å². The smallest absolute Gasteiger partial charge is 0.278 e. The molecule has 0 amide bonds. The van der Waals surface area contributed by atoms with E-state index in [1.54, 1.807) is 21.8 Å². The molecule has 2 saturated heterocycles. The van der Waals surface area contributed by atoms with Gasteiger partial charge in [0.05, 0.1) is 6.54 Å². The van der Waals surface area contributed by atoms with Gasteiger partial charge in [0.25, 0.3) is 5.56 Å². The third-order valence-electron chi connectivity index (χ3n) is 8.53. The van der Waals surface area contributed by atoms with E-state index in [-0.39, 0.29) is 18.1 Å². The number of benzene rings is 1. The first-order chi connectivity index (χ1) is 21.3. The molecule has 234 valence electrons. The Hall–Kier alpha value is -4.29. The molecule has 2 aromatic heterocycles. The second-order valence-electron chi connectivity index (χ2n) is 11.8. The largest absolute Gasteiger partial charge is 0.369 e. The maximum Gasteiger partial charge on any atom is 0.278 e. The Labute approximate surface area is 258 Å². The van der Waals surface area contributed by atoms with E-state index in [2.05, 4.69) is 55.9 Å². The van der Waals surface area contributed by atoms with Gasteiger partial charge >= 0.3 is 0 Å². The molecule has 44 heavy (non-hydrogen) atoms. The molecule has 5 rings (SSSR count). The molecule has 3 aromatic rings. The summed E-state index contributed by atoms with van der Waals surface area (Å²) in [6.07, 6.45) is 9.26. The lowest BCUT2D eigenvalue weighted by molar-refractivity contribution is -0.104. The first-order valence-electron chi connectivity index (χ1n) is 15.4. The number of rotatable bonds is 10. The summed E-state index contributed by atoms with van der Waals surface area (Å²) in [5.41, 5.74) is 2.14. The van der Waals surface area contributed by atoms with Crippen LogP contribution in [0.3, 0.4) is 0 Å². The molecule has 2 fully saturated rings. The lowest BCUT2D eigenvalue weighted by Gasteiger charge is -2.42. The number of carbonyl (C=O) groups is 1. The number of hydrogen-bond acceptors (Lipinski definition) is 10. The number of fused-ring (bicyclic) bond motifs is 1. The molecular weight excluding hydrogens is 556 g/mol. The molecule has 0 unspecified atom stereocenters. The zero-order valence-corrected chi connectivity index (χ0v) is 26.3. The number of piperazine rings is 1. The standard InChI is InChI=1S/C32H44N10O2/c1-6-15-41-31(44)28-23-33-32(35-30(28)42(41)29(8-7-22-43)36-38(5)24(2)3)34-25-9-11-26(12-10-25)39-18-20-40(21-19-39)27-13-16-37(4)17-14-27/h6-12,22-24,27H,1,13-21H2,2-5H3,(H,33,34,35)/b8-7-,36-29+. The van der Waals surface area contributed by atoms with Crippen LogP contribution in [0.2, 0.25) is 0 Å². The average Bonchev–Trinajstić information content (AvgIpc) is 3.30. The van der Waals surface area contributed by atoms with Gasteiger partial charge in [-0.2, -0.15) is 10.1 Å². The highest BCUT2D eigenvalue weighted by Crippen LogP contribution is 2.24. The average molecular weight is 601 g/mol. The van der Waals surface area contributed by atoms with Crippen LogP contribution in [-0.4, -0.2) is 112 Å². The van der Waals surface area contributed by atoms with Crippen LogP contribution in [0.1, 0.15) is 26.7 Å². The first-order valence-corrected chi connectivity index (χ1v) is 15.4. The fraction of sp³-hybridized carbons (Fsp3) is 0.469. The van der Waals surface area contributed by atoms with Gasteiger partial charge in [0, 0.05) is 62.9 Å². The van der Waals surface area contributed by atoms with Crippen molar-refractivity contribution in [2.24, 2.45) is 5.10 Å². The van der Waals surface area contributed by atoms with Crippen molar-refractivity contribution in [3.05, 3.63) is 65.6 Å². The van der Waals surface area contributed by atoms with E-state index in [4.69, 9.17) is 4.98 Å². The highest BCUT2D eigenvalue weighted by atomic mass is 16.1. The normalized spacial score (nSPS) is 17.6. The Kier molecular flexibility index (Phi) is 9.91. The molecule has 4 heterocycles. The van der Waals surface area contributed by atoms with Gasteiger partial charge in [-0.15, -0.1) is 6.58 Å². The molecule has 0 saturated carbocycles. The van der Waals surface area contributed by atoms with Gasteiger partial charge in [-0.3, -0.25) is 19.5 Å². The van der Waals surface area contributed by atoms with Crippen LogP contribution < -0.4 is 15.8 Å². The lowest BCUT2D eigenvalue weighted by Crippen LogP contribution is -2.52. The Morgan fingerprint density at radius 2 is 1.84 bits per heavy atom. The molecule has 0 radical (unpaired) electrons. The van der Waals surface area contributed by atoms with Gasteiger partial charge in [-0.25, -0.2) is 14.3 Å². The van der Waals surface area contributed by atoms with E-state index < -0.39 is 0 Å². The summed E-state index contributed by atoms with van der Waals surface area (Å²) in [5, 5.41) is 10.1. The number of anilines is 3. The van der Waals surface area contributed by atoms with Crippen LogP contribution in [-0.2, 0) is 11.3 Å². The quantitative estimate of drug-likeness (QED) is 0.0939. The SMILES string of the molecule is C=CCn1c(=O)c2cnc(Nc3ccc(N4CCN(C5CCN(C)CC5)CC4)cc3)nc2n1C(/C=C\C=O)=N/N(C)C(C)C. The van der Waals surface area contributed by atoms with Gasteiger partial charge in [-0.1, -0.05) is 6.08 Å². The number of nitrogens with one attached hydrogen (secondary N) is 1. The first kappa shape index (κ1) is 31.1. The van der Waals surface area contributed by atoms with E-state index in [9.17, 15) is 9.59 Å². The van der Waals surface area contributed by atoms with Gasteiger partial charge in [0.1, 0.15) is 11.7 Å². The van der Waals surface area contributed by atoms with Crippen LogP contribution >= 0.6 is 0 Å². The third kappa shape index (κ3) is 6.92. The summed E-state index contributed by atoms with van der Waals surface area (Å²) in [5.74, 6) is 0.713. The predicted molar refractivity (Wildman–Crippen MR) is 177 cm³/mol. The van der Waals surface area contributed by atoms with Gasteiger partial charge in [0.15, 0.2) is 11.5 Å². The molecule has 2 aliphatic heterocycles. The van der Waals surface area contributed by atoms with Crippen LogP contribution in [0.5, 0.6) is 0 Å². The van der Waals surface area contributed by atoms with Crippen LogP contribution in [0.25, 0.3) is 11.0 Å². The number of piperidine rings is 1. The third-order valence-corrected chi connectivity index (χ3v) is 8.53. The van der Waals surface area contributed by atoms with E-state index in [1.165, 1.54) is 48.6 Å². The fourth-order valence-corrected chi connectivity index (χ4v) is 5.75. The van der Waals surface area contributed by atoms with Crippen molar-refractivity contribution in [1.82, 2.24) is 34.1 Å². The summed E-state index contributed by atoms with van der Waals surface area (Å²) in [6.45, 7) is 14.6. The molecule has 0 spiro atoms. The summed E-state index contributed by atoms with van der Waals surface area (Å²) >= 11 is 0. The maximum absolute atomic E-state index is 13.3. The minimum absolute atomic E-state index is 0.0916. The molecule has 0 bridgehead atoms. The zero-order chi connectivity index (χ0) is 31.2. The number of hydrazone groups is 1. The van der Waals surface area contributed by atoms with Crippen LogP contribution in [0.4, 0.5) is 17.3 Å². The summed E-state index contributed by atoms with van der Waals surface area (Å²) in [4.78, 5) is 41.3. The highest BCUT2D eigenvalue weighted by molar-refractivity contribution is 6.01. The summed E-state index contributed by atoms with van der Waals surface area (Å²) in [6, 6.07) is 9.10. The minimum Gasteiger partial charge on any atom is -0.369 e. The molecule has 2 aliphatic rings. The van der Waals surface area contributed by atoms with Crippen molar-refractivity contribution in [2.45, 2.75) is 45.3 Å². The Balaban J connectivity index is 1.35. The Bertz CT molecular complexity index is 1560. The number of likely N-dealkylation sites (tertiary alicyclic amines) is 1. The van der Waals surface area contributed by atoms with Gasteiger partial charge in [-0.05, 0) is 83.2 Å². The predicted octanol–water partition coefficient (Wildman–Crippen LogP) is 3.00. The molecule has 1 N–H and O–H groups in total. The zero-order valence-electron chi connectivity index (χ0n) is 26.3. The molecule has 12 heteroatoms. The minimum atomic E-state index is -0.272. The van der Waals surface area contributed by atoms with E-state index in [0.717, 1.165) is 31.9 Å². The van der Waals surface area contributed by atoms with Crippen molar-refractivity contribution >= 4 is 40.5 Å². The lowest BCUT2D eigenvalue weighted by atomic mass is 10.0. The van der Waals surface area contributed by atoms with Crippen molar-refractivity contribution in [1.29, 1.82) is 0 Å². The summed E-state index contributed by atoms with van der Waals surface area (Å²) in [7, 11) is 4.05. The number of aldehydes is 1. The monoisotopic (exact) mass is 600 g/mol. The molecule has 1 aromatic carbocycles. The van der Waals surface area contributed by atoms with Crippen molar-refractivity contribution < 1.29 is 4.79 Å². The maximum atomic E-state index is 13.3. The Morgan fingerprint density at radius 1 is 1.14 bits per heavy atom.